The maximum absolute atomic E-state index is 13.8. The molecule has 13 nitrogen and oxygen atoms in total. The molecule has 6 atom stereocenters. The zero-order chi connectivity index (χ0) is 27.0. The third-order valence-electron chi connectivity index (χ3n) is 5.93. The summed E-state index contributed by atoms with van der Waals surface area (Å²) in [6.45, 7) is 5.74. The number of aromatic amines is 1. The first-order valence-electron chi connectivity index (χ1n) is 11.7. The highest BCUT2D eigenvalue weighted by Crippen LogP contribution is 2.50. The zero-order valence-corrected chi connectivity index (χ0v) is 21.7. The third-order valence-corrected chi connectivity index (χ3v) is 7.56. The molecule has 2 aliphatic heterocycles. The van der Waals surface area contributed by atoms with Crippen LogP contribution in [0.4, 0.5) is 0 Å². The first kappa shape index (κ1) is 27.2. The number of carbonyl (C=O) groups excluding carboxylic acids is 1. The van der Waals surface area contributed by atoms with Gasteiger partial charge in [0, 0.05) is 11.8 Å². The predicted octanol–water partition coefficient (Wildman–Crippen LogP) is 1.01. The van der Waals surface area contributed by atoms with Gasteiger partial charge in [-0.25, -0.2) is 9.36 Å². The van der Waals surface area contributed by atoms with Crippen LogP contribution in [0.1, 0.15) is 32.6 Å². The van der Waals surface area contributed by atoms with Crippen molar-refractivity contribution >= 4 is 13.7 Å². The van der Waals surface area contributed by atoms with Gasteiger partial charge >= 0.3 is 19.4 Å². The Labute approximate surface area is 212 Å². The van der Waals surface area contributed by atoms with Crippen molar-refractivity contribution in [3.8, 4) is 5.75 Å². The minimum atomic E-state index is -4.24. The second-order valence-corrected chi connectivity index (χ2v) is 11.0. The summed E-state index contributed by atoms with van der Waals surface area (Å²) in [6, 6.07) is 7.14. The molecule has 0 amide bonds. The summed E-state index contributed by atoms with van der Waals surface area (Å²) in [5, 5.41) is 13.5. The molecule has 3 heterocycles. The molecule has 0 radical (unpaired) electrons. The number of carbonyl (C=O) groups is 1. The van der Waals surface area contributed by atoms with Crippen LogP contribution >= 0.6 is 7.75 Å². The van der Waals surface area contributed by atoms with Crippen LogP contribution in [0.25, 0.3) is 0 Å². The Morgan fingerprint density at radius 1 is 1.30 bits per heavy atom. The topological polar surface area (TPSA) is 167 Å². The number of H-pyrrole nitrogens is 1. The Bertz CT molecular complexity index is 1300. The summed E-state index contributed by atoms with van der Waals surface area (Å²) < 4.78 is 43.1. The normalized spacial score (nSPS) is 27.1. The smallest absolute Gasteiger partial charge is 0.459 e. The molecule has 4 rings (SSSR count). The van der Waals surface area contributed by atoms with Gasteiger partial charge in [0.15, 0.2) is 6.23 Å². The monoisotopic (exact) mass is 539 g/mol. The highest BCUT2D eigenvalue weighted by atomic mass is 31.2. The number of fused-ring (bicyclic) bond motifs is 2. The molecule has 0 unspecified atom stereocenters. The van der Waals surface area contributed by atoms with Crippen LogP contribution < -0.4 is 20.9 Å². The van der Waals surface area contributed by atoms with Gasteiger partial charge in [-0.1, -0.05) is 18.2 Å². The molecule has 0 spiro atoms. The van der Waals surface area contributed by atoms with Gasteiger partial charge in [0.2, 0.25) is 0 Å². The number of rotatable bonds is 10. The minimum Gasteiger partial charge on any atom is -0.462 e. The van der Waals surface area contributed by atoms with Gasteiger partial charge in [-0.05, 0) is 39.8 Å². The number of esters is 1. The number of para-hydroxylation sites is 1. The lowest BCUT2D eigenvalue weighted by atomic mass is 10.0. The van der Waals surface area contributed by atoms with E-state index in [1.807, 2.05) is 0 Å². The number of aliphatic hydroxyl groups excluding tert-OH is 1. The lowest BCUT2D eigenvalue weighted by molar-refractivity contribution is -0.185. The maximum Gasteiger partial charge on any atom is 0.459 e. The Morgan fingerprint density at radius 2 is 2.00 bits per heavy atom. The highest BCUT2D eigenvalue weighted by Gasteiger charge is 2.62. The van der Waals surface area contributed by atoms with Gasteiger partial charge in [0.05, 0.1) is 19.3 Å². The van der Waals surface area contributed by atoms with Crippen molar-refractivity contribution in [1.82, 2.24) is 14.6 Å². The number of nitrogens with zero attached hydrogens (tertiary/aromatic N) is 1. The molecular weight excluding hydrogens is 509 g/mol. The summed E-state index contributed by atoms with van der Waals surface area (Å²) in [7, 11) is -4.24. The molecule has 1 aromatic heterocycles. The van der Waals surface area contributed by atoms with Gasteiger partial charge in [0.25, 0.3) is 5.56 Å². The van der Waals surface area contributed by atoms with Crippen LogP contribution in [0.2, 0.25) is 0 Å². The van der Waals surface area contributed by atoms with E-state index in [0.29, 0.717) is 0 Å². The number of benzene rings is 1. The van der Waals surface area contributed by atoms with E-state index in [0.717, 1.165) is 4.57 Å². The Hall–Kier alpha value is -2.80. The van der Waals surface area contributed by atoms with E-state index in [2.05, 4.69) is 10.1 Å². The molecule has 2 fully saturated rings. The van der Waals surface area contributed by atoms with Crippen LogP contribution in [0.3, 0.4) is 0 Å². The quantitative estimate of drug-likeness (QED) is 0.291. The van der Waals surface area contributed by atoms with Gasteiger partial charge in [0.1, 0.15) is 29.6 Å². The van der Waals surface area contributed by atoms with Crippen molar-refractivity contribution in [3.05, 3.63) is 62.9 Å². The highest BCUT2D eigenvalue weighted by molar-refractivity contribution is 7.52. The van der Waals surface area contributed by atoms with E-state index in [1.54, 1.807) is 44.2 Å². The number of ether oxygens (including phenoxy) is 3. The van der Waals surface area contributed by atoms with Crippen molar-refractivity contribution in [1.29, 1.82) is 0 Å². The van der Waals surface area contributed by atoms with Crippen molar-refractivity contribution < 1.29 is 37.7 Å². The second-order valence-electron chi connectivity index (χ2n) is 9.28. The molecule has 0 aliphatic carbocycles. The summed E-state index contributed by atoms with van der Waals surface area (Å²) in [6.07, 6.45) is -2.36. The Morgan fingerprint density at radius 3 is 2.68 bits per heavy atom. The van der Waals surface area contributed by atoms with Crippen LogP contribution in [-0.4, -0.2) is 63.8 Å². The van der Waals surface area contributed by atoms with E-state index >= 15 is 0 Å². The van der Waals surface area contributed by atoms with Gasteiger partial charge in [-0.3, -0.25) is 23.7 Å². The number of hydrogen-bond donors (Lipinski definition) is 3. The van der Waals surface area contributed by atoms with Crippen molar-refractivity contribution in [2.45, 2.75) is 63.9 Å². The van der Waals surface area contributed by atoms with Gasteiger partial charge in [-0.15, -0.1) is 0 Å². The van der Waals surface area contributed by atoms with Crippen molar-refractivity contribution in [3.63, 3.8) is 0 Å². The third kappa shape index (κ3) is 5.71. The summed E-state index contributed by atoms with van der Waals surface area (Å²) in [5.74, 6) is -0.454. The Balaban J connectivity index is 1.55. The maximum atomic E-state index is 13.8. The summed E-state index contributed by atoms with van der Waals surface area (Å²) in [4.78, 5) is 38.7. The molecule has 0 saturated carbocycles. The van der Waals surface area contributed by atoms with Crippen molar-refractivity contribution in [2.75, 3.05) is 13.2 Å². The largest absolute Gasteiger partial charge is 0.462 e. The van der Waals surface area contributed by atoms with E-state index in [9.17, 15) is 24.1 Å². The number of aliphatic hydroxyl groups is 1. The molecule has 2 bridgehead atoms. The molecule has 3 N–H and O–H groups in total. The average Bonchev–Trinajstić information content (AvgIpc) is 3.29. The standard InChI is InChI=1S/C23H30N3O10P/c1-13(2)34-21(29)15(4)25-37(31,36-16-8-6-5-7-9-16)33-12-23-11-32-17(18(23)27)20(35-23)26-10-14(3)19(28)24-22(26)30/h5-10,13,15,17-18,20,27H,11-12H2,1-4H3,(H,25,31)(H,24,28,30)/t15-,17+,18-,20+,23+,37-/m0/s1. The van der Waals surface area contributed by atoms with E-state index in [1.165, 1.54) is 20.0 Å². The van der Waals surface area contributed by atoms with Crippen molar-refractivity contribution in [2.24, 2.45) is 0 Å². The minimum absolute atomic E-state index is 0.122. The lowest BCUT2D eigenvalue weighted by Crippen LogP contribution is -2.46. The number of aryl methyl sites for hydroxylation is 1. The number of hydrogen-bond acceptors (Lipinski definition) is 10. The second kappa shape index (κ2) is 10.5. The molecule has 2 aliphatic rings. The first-order valence-corrected chi connectivity index (χ1v) is 13.2. The fraction of sp³-hybridized carbons (Fsp3) is 0.522. The molecule has 2 saturated heterocycles. The van der Waals surface area contributed by atoms with Crippen LogP contribution in [0, 0.1) is 6.92 Å². The summed E-state index contributed by atoms with van der Waals surface area (Å²) >= 11 is 0. The van der Waals surface area contributed by atoms with Crippen LogP contribution in [-0.2, 0) is 28.1 Å². The Kier molecular flexibility index (Phi) is 7.75. The average molecular weight is 539 g/mol. The molecule has 1 aromatic carbocycles. The SMILES string of the molecule is Cc1cn([C@@H]2O[C@@]3(CO[P@@](=O)(N[C@@H](C)C(=O)OC(C)C)Oc4ccccc4)CO[C@@H]2[C@@H]3O)c(=O)[nH]c1=O. The van der Waals surface area contributed by atoms with Gasteiger partial charge in [-0.2, -0.15) is 5.09 Å². The van der Waals surface area contributed by atoms with Crippen LogP contribution in [0.15, 0.2) is 46.1 Å². The molecule has 2 aromatic rings. The van der Waals surface area contributed by atoms with E-state index in [4.69, 9.17) is 23.3 Å². The zero-order valence-electron chi connectivity index (χ0n) is 20.8. The molecule has 14 heteroatoms. The number of aromatic nitrogens is 2. The number of nitrogens with one attached hydrogen (secondary N) is 2. The summed E-state index contributed by atoms with van der Waals surface area (Å²) in [5.41, 5.74) is -2.52. The fourth-order valence-electron chi connectivity index (χ4n) is 4.04. The fourth-order valence-corrected chi connectivity index (χ4v) is 5.59. The molecule has 37 heavy (non-hydrogen) atoms. The first-order chi connectivity index (χ1) is 17.4. The molecular formula is C23H30N3O10P. The van der Waals surface area contributed by atoms with E-state index < -0.39 is 67.8 Å². The van der Waals surface area contributed by atoms with Crippen LogP contribution in [0.5, 0.6) is 5.75 Å². The predicted molar refractivity (Wildman–Crippen MR) is 129 cm³/mol. The van der Waals surface area contributed by atoms with E-state index in [-0.39, 0.29) is 17.9 Å². The van der Waals surface area contributed by atoms with Gasteiger partial charge < -0.3 is 23.8 Å². The molecule has 202 valence electrons. The lowest BCUT2D eigenvalue weighted by Gasteiger charge is -2.32.